The van der Waals surface area contributed by atoms with Gasteiger partial charge in [-0.15, -0.1) is 0 Å². The van der Waals surface area contributed by atoms with Crippen LogP contribution in [0.5, 0.6) is 0 Å². The number of rotatable bonds is 7. The number of nitrogens with one attached hydrogen (secondary N) is 1. The topological polar surface area (TPSA) is 12.0 Å². The third-order valence-electron chi connectivity index (χ3n) is 3.03. The van der Waals surface area contributed by atoms with Gasteiger partial charge in [0.05, 0.1) is 0 Å². The maximum Gasteiger partial charge on any atom is 0.0438 e. The summed E-state index contributed by atoms with van der Waals surface area (Å²) in [6.07, 6.45) is 2.26. The standard InChI is InChI=1S/C15H24ClN/c1-4-13(11-17-10-12(2)3)9-14-7-5-6-8-15(14)16/h5-8,12-13,17H,4,9-11H2,1-3H3. The Morgan fingerprint density at radius 1 is 1.18 bits per heavy atom. The summed E-state index contributed by atoms with van der Waals surface area (Å²) in [5.41, 5.74) is 1.27. The smallest absolute Gasteiger partial charge is 0.0438 e. The van der Waals surface area contributed by atoms with Gasteiger partial charge in [0.25, 0.3) is 0 Å². The van der Waals surface area contributed by atoms with Crippen molar-refractivity contribution in [2.24, 2.45) is 11.8 Å². The van der Waals surface area contributed by atoms with E-state index in [9.17, 15) is 0 Å². The molecule has 1 aromatic rings. The van der Waals surface area contributed by atoms with Crippen molar-refractivity contribution in [1.82, 2.24) is 5.32 Å². The highest BCUT2D eigenvalue weighted by Crippen LogP contribution is 2.20. The van der Waals surface area contributed by atoms with Crippen LogP contribution in [-0.2, 0) is 6.42 Å². The molecule has 0 saturated carbocycles. The molecule has 1 unspecified atom stereocenters. The summed E-state index contributed by atoms with van der Waals surface area (Å²) in [5.74, 6) is 1.39. The van der Waals surface area contributed by atoms with Crippen molar-refractivity contribution < 1.29 is 0 Å². The summed E-state index contributed by atoms with van der Waals surface area (Å²) >= 11 is 6.19. The summed E-state index contributed by atoms with van der Waals surface area (Å²) in [7, 11) is 0. The number of hydrogen-bond acceptors (Lipinski definition) is 1. The second-order valence-corrected chi connectivity index (χ2v) is 5.53. The summed E-state index contributed by atoms with van der Waals surface area (Å²) in [6, 6.07) is 8.16. The monoisotopic (exact) mass is 253 g/mol. The molecule has 1 aromatic carbocycles. The quantitative estimate of drug-likeness (QED) is 0.770. The average Bonchev–Trinajstić information content (AvgIpc) is 2.30. The van der Waals surface area contributed by atoms with Gasteiger partial charge in [0, 0.05) is 5.02 Å². The van der Waals surface area contributed by atoms with Crippen LogP contribution in [0.4, 0.5) is 0 Å². The van der Waals surface area contributed by atoms with Crippen molar-refractivity contribution in [3.05, 3.63) is 34.9 Å². The van der Waals surface area contributed by atoms with E-state index in [4.69, 9.17) is 11.6 Å². The molecular weight excluding hydrogens is 230 g/mol. The molecule has 0 bridgehead atoms. The van der Waals surface area contributed by atoms with Crippen LogP contribution >= 0.6 is 11.6 Å². The predicted molar refractivity (Wildman–Crippen MR) is 76.6 cm³/mol. The second-order valence-electron chi connectivity index (χ2n) is 5.12. The van der Waals surface area contributed by atoms with E-state index in [0.29, 0.717) is 11.8 Å². The van der Waals surface area contributed by atoms with E-state index in [1.807, 2.05) is 12.1 Å². The third-order valence-corrected chi connectivity index (χ3v) is 3.40. The van der Waals surface area contributed by atoms with E-state index in [2.05, 4.69) is 38.2 Å². The third kappa shape index (κ3) is 5.56. The molecule has 0 amide bonds. The molecular formula is C15H24ClN. The molecule has 1 N–H and O–H groups in total. The molecule has 0 aliphatic rings. The Balaban J connectivity index is 2.44. The van der Waals surface area contributed by atoms with Gasteiger partial charge < -0.3 is 5.32 Å². The first kappa shape index (κ1) is 14.5. The first-order valence-corrected chi connectivity index (χ1v) is 6.95. The molecule has 2 heteroatoms. The normalized spacial score (nSPS) is 13.0. The lowest BCUT2D eigenvalue weighted by molar-refractivity contribution is 0.437. The highest BCUT2D eigenvalue weighted by molar-refractivity contribution is 6.31. The first-order chi connectivity index (χ1) is 8.13. The predicted octanol–water partition coefficient (Wildman–Crippen LogP) is 4.15. The van der Waals surface area contributed by atoms with Crippen molar-refractivity contribution in [3.63, 3.8) is 0 Å². The van der Waals surface area contributed by atoms with Gasteiger partial charge in [-0.1, -0.05) is 57.0 Å². The summed E-state index contributed by atoms with van der Waals surface area (Å²) in [6.45, 7) is 8.90. The molecule has 0 radical (unpaired) electrons. The molecule has 0 aliphatic carbocycles. The Morgan fingerprint density at radius 2 is 1.88 bits per heavy atom. The van der Waals surface area contributed by atoms with Crippen LogP contribution in [-0.4, -0.2) is 13.1 Å². The fourth-order valence-corrected chi connectivity index (χ4v) is 2.12. The molecule has 1 atom stereocenters. The van der Waals surface area contributed by atoms with E-state index in [0.717, 1.165) is 24.5 Å². The van der Waals surface area contributed by atoms with Gasteiger partial charge in [-0.2, -0.15) is 0 Å². The maximum atomic E-state index is 6.19. The minimum atomic E-state index is 0.675. The Hall–Kier alpha value is -0.530. The molecule has 1 rings (SSSR count). The van der Waals surface area contributed by atoms with E-state index in [1.54, 1.807) is 0 Å². The average molecular weight is 254 g/mol. The van der Waals surface area contributed by atoms with Crippen molar-refractivity contribution in [3.8, 4) is 0 Å². The van der Waals surface area contributed by atoms with Gasteiger partial charge in [-0.05, 0) is 43.0 Å². The van der Waals surface area contributed by atoms with E-state index in [-0.39, 0.29) is 0 Å². The van der Waals surface area contributed by atoms with Crippen molar-refractivity contribution >= 4 is 11.6 Å². The molecule has 17 heavy (non-hydrogen) atoms. The van der Waals surface area contributed by atoms with Crippen molar-refractivity contribution in [1.29, 1.82) is 0 Å². The van der Waals surface area contributed by atoms with E-state index < -0.39 is 0 Å². The zero-order valence-corrected chi connectivity index (χ0v) is 11.9. The molecule has 1 nitrogen and oxygen atoms in total. The van der Waals surface area contributed by atoms with Crippen molar-refractivity contribution in [2.75, 3.05) is 13.1 Å². The summed E-state index contributed by atoms with van der Waals surface area (Å²) in [4.78, 5) is 0. The lowest BCUT2D eigenvalue weighted by Crippen LogP contribution is -2.27. The van der Waals surface area contributed by atoms with Gasteiger partial charge >= 0.3 is 0 Å². The fourth-order valence-electron chi connectivity index (χ4n) is 1.91. The largest absolute Gasteiger partial charge is 0.316 e. The molecule has 0 heterocycles. The Kier molecular flexibility index (Phi) is 6.61. The van der Waals surface area contributed by atoms with E-state index >= 15 is 0 Å². The minimum Gasteiger partial charge on any atom is -0.316 e. The van der Waals surface area contributed by atoms with Crippen LogP contribution in [0.25, 0.3) is 0 Å². The van der Waals surface area contributed by atoms with Crippen LogP contribution in [0, 0.1) is 11.8 Å². The Morgan fingerprint density at radius 3 is 2.47 bits per heavy atom. The number of hydrogen-bond donors (Lipinski definition) is 1. The van der Waals surface area contributed by atoms with Gasteiger partial charge in [-0.25, -0.2) is 0 Å². The Labute approximate surface area is 111 Å². The lowest BCUT2D eigenvalue weighted by Gasteiger charge is -2.17. The van der Waals surface area contributed by atoms with Crippen molar-refractivity contribution in [2.45, 2.75) is 33.6 Å². The molecule has 0 saturated heterocycles. The zero-order chi connectivity index (χ0) is 12.7. The highest BCUT2D eigenvalue weighted by atomic mass is 35.5. The number of halogens is 1. The Bertz CT molecular complexity index is 322. The maximum absolute atomic E-state index is 6.19. The highest BCUT2D eigenvalue weighted by Gasteiger charge is 2.09. The lowest BCUT2D eigenvalue weighted by atomic mass is 9.96. The first-order valence-electron chi connectivity index (χ1n) is 6.57. The van der Waals surface area contributed by atoms with Crippen LogP contribution in [0.15, 0.2) is 24.3 Å². The second kappa shape index (κ2) is 7.73. The van der Waals surface area contributed by atoms with Crippen LogP contribution in [0.1, 0.15) is 32.8 Å². The van der Waals surface area contributed by atoms with Gasteiger partial charge in [0.2, 0.25) is 0 Å². The summed E-state index contributed by atoms with van der Waals surface area (Å²) < 4.78 is 0. The number of benzene rings is 1. The zero-order valence-electron chi connectivity index (χ0n) is 11.2. The fraction of sp³-hybridized carbons (Fsp3) is 0.600. The van der Waals surface area contributed by atoms with Crippen LogP contribution < -0.4 is 5.32 Å². The summed E-state index contributed by atoms with van der Waals surface area (Å²) in [5, 5.41) is 4.43. The molecule has 0 fully saturated rings. The van der Waals surface area contributed by atoms with E-state index in [1.165, 1.54) is 12.0 Å². The molecule has 0 aliphatic heterocycles. The van der Waals surface area contributed by atoms with Gasteiger partial charge in [0.15, 0.2) is 0 Å². The van der Waals surface area contributed by atoms with Crippen LogP contribution in [0.3, 0.4) is 0 Å². The van der Waals surface area contributed by atoms with Gasteiger partial charge in [0.1, 0.15) is 0 Å². The molecule has 0 aromatic heterocycles. The van der Waals surface area contributed by atoms with Gasteiger partial charge in [-0.3, -0.25) is 0 Å². The molecule has 0 spiro atoms. The van der Waals surface area contributed by atoms with Crippen LogP contribution in [0.2, 0.25) is 5.02 Å². The molecule has 96 valence electrons. The minimum absolute atomic E-state index is 0.675. The SMILES string of the molecule is CCC(CNCC(C)C)Cc1ccccc1Cl.